The van der Waals surface area contributed by atoms with Gasteiger partial charge in [-0.15, -0.1) is 0 Å². The average molecular weight is 775 g/mol. The largest absolute Gasteiger partial charge is 0.394 e. The molecule has 8 fully saturated rings. The number of aliphatic hydroxyl groups excluding tert-OH is 10. The number of hydrogen-bond donors (Lipinski definition) is 10. The zero-order chi connectivity index (χ0) is 38.6. The number of aliphatic hydroxyl groups is 10. The molecule has 25 unspecified atom stereocenters. The second-order valence-electron chi connectivity index (χ2n) is 18.3. The summed E-state index contributed by atoms with van der Waals surface area (Å²) < 4.78 is 37.5. The molecule has 0 amide bonds. The van der Waals surface area contributed by atoms with E-state index in [1.807, 2.05) is 6.92 Å². The molecule has 310 valence electrons. The van der Waals surface area contributed by atoms with E-state index < -0.39 is 105 Å². The Morgan fingerprint density at radius 2 is 1.30 bits per heavy atom. The molecule has 1 spiro atoms. The summed E-state index contributed by atoms with van der Waals surface area (Å²) in [4.78, 5) is 0. The van der Waals surface area contributed by atoms with Gasteiger partial charge in [0.1, 0.15) is 54.9 Å². The zero-order valence-electron chi connectivity index (χ0n) is 31.3. The van der Waals surface area contributed by atoms with Gasteiger partial charge in [-0.3, -0.25) is 0 Å². The molecular formula is C38H62O16. The zero-order valence-corrected chi connectivity index (χ0v) is 31.3. The number of fused-ring (bicyclic) bond motifs is 7. The van der Waals surface area contributed by atoms with Crippen LogP contribution in [0.5, 0.6) is 0 Å². The third-order valence-corrected chi connectivity index (χ3v) is 15.7. The first-order valence-corrected chi connectivity index (χ1v) is 20.2. The minimum atomic E-state index is -1.62. The van der Waals surface area contributed by atoms with E-state index in [4.69, 9.17) is 28.4 Å². The molecule has 8 rings (SSSR count). The Labute approximate surface area is 315 Å². The number of ether oxygens (including phenoxy) is 6. The monoisotopic (exact) mass is 774 g/mol. The lowest BCUT2D eigenvalue weighted by Crippen LogP contribution is -2.65. The first-order chi connectivity index (χ1) is 25.6. The summed E-state index contributed by atoms with van der Waals surface area (Å²) >= 11 is 0. The van der Waals surface area contributed by atoms with Gasteiger partial charge >= 0.3 is 0 Å². The van der Waals surface area contributed by atoms with Crippen molar-refractivity contribution in [1.29, 1.82) is 0 Å². The average Bonchev–Trinajstić information content (AvgIpc) is 3.66. The molecule has 54 heavy (non-hydrogen) atoms. The van der Waals surface area contributed by atoms with Gasteiger partial charge in [-0.05, 0) is 85.9 Å². The Morgan fingerprint density at radius 1 is 0.667 bits per heavy atom. The van der Waals surface area contributed by atoms with Gasteiger partial charge < -0.3 is 79.5 Å². The van der Waals surface area contributed by atoms with Crippen molar-refractivity contribution in [3.05, 3.63) is 0 Å². The van der Waals surface area contributed by atoms with Crippen molar-refractivity contribution in [2.24, 2.45) is 52.8 Å². The van der Waals surface area contributed by atoms with Gasteiger partial charge in [-0.2, -0.15) is 0 Å². The highest BCUT2D eigenvalue weighted by atomic mass is 16.7. The predicted octanol–water partition coefficient (Wildman–Crippen LogP) is -2.04. The fourth-order valence-corrected chi connectivity index (χ4v) is 12.9. The van der Waals surface area contributed by atoms with E-state index in [9.17, 15) is 51.1 Å². The summed E-state index contributed by atoms with van der Waals surface area (Å²) in [6.45, 7) is 5.24. The molecule has 10 N–H and O–H groups in total. The molecule has 0 aromatic heterocycles. The summed E-state index contributed by atoms with van der Waals surface area (Å²) in [5.74, 6) is -0.819. The molecule has 4 heterocycles. The van der Waals surface area contributed by atoms with E-state index in [0.29, 0.717) is 25.2 Å². The maximum Gasteiger partial charge on any atom is 0.200 e. The van der Waals surface area contributed by atoms with E-state index in [-0.39, 0.29) is 59.6 Å². The van der Waals surface area contributed by atoms with Crippen LogP contribution in [-0.2, 0) is 28.4 Å². The molecule has 25 atom stereocenters. The van der Waals surface area contributed by atoms with Crippen molar-refractivity contribution < 1.29 is 79.5 Å². The highest BCUT2D eigenvalue weighted by molar-refractivity contribution is 5.14. The fraction of sp³-hybridized carbons (Fsp3) is 1.00. The minimum absolute atomic E-state index is 0.0285. The first kappa shape index (κ1) is 40.2. The van der Waals surface area contributed by atoms with Crippen LogP contribution in [-0.4, -0.2) is 169 Å². The molecule has 4 saturated heterocycles. The molecule has 0 radical (unpaired) electrons. The van der Waals surface area contributed by atoms with Crippen molar-refractivity contribution in [3.63, 3.8) is 0 Å². The predicted molar refractivity (Wildman–Crippen MR) is 183 cm³/mol. The van der Waals surface area contributed by atoms with Crippen molar-refractivity contribution in [2.75, 3.05) is 19.8 Å². The Hall–Kier alpha value is -0.640. The van der Waals surface area contributed by atoms with Crippen molar-refractivity contribution in [2.45, 2.75) is 163 Å². The highest BCUT2D eigenvalue weighted by Crippen LogP contribution is 2.67. The first-order valence-electron chi connectivity index (χ1n) is 20.2. The Balaban J connectivity index is 1.01. The maximum absolute atomic E-state index is 12.0. The Bertz CT molecular complexity index is 1320. The van der Waals surface area contributed by atoms with Crippen molar-refractivity contribution in [1.82, 2.24) is 0 Å². The third kappa shape index (κ3) is 6.16. The molecule has 4 saturated carbocycles. The highest BCUT2D eigenvalue weighted by Gasteiger charge is 2.69. The Kier molecular flexibility index (Phi) is 11.1. The van der Waals surface area contributed by atoms with Crippen LogP contribution in [0.25, 0.3) is 0 Å². The normalized spacial score (nSPS) is 60.1. The lowest BCUT2D eigenvalue weighted by Gasteiger charge is -2.61. The van der Waals surface area contributed by atoms with Crippen molar-refractivity contribution >= 4 is 0 Å². The van der Waals surface area contributed by atoms with Crippen LogP contribution in [0.2, 0.25) is 0 Å². The molecular weight excluding hydrogens is 712 g/mol. The van der Waals surface area contributed by atoms with Gasteiger partial charge in [0.2, 0.25) is 0 Å². The molecule has 0 bridgehead atoms. The van der Waals surface area contributed by atoms with E-state index in [0.717, 1.165) is 25.7 Å². The van der Waals surface area contributed by atoms with Gasteiger partial charge in [0.25, 0.3) is 0 Å². The lowest BCUT2D eigenvalue weighted by atomic mass is 9.46. The minimum Gasteiger partial charge on any atom is -0.394 e. The lowest BCUT2D eigenvalue weighted by molar-refractivity contribution is -0.374. The molecule has 16 heteroatoms. The maximum atomic E-state index is 12.0. The van der Waals surface area contributed by atoms with Gasteiger partial charge in [0.05, 0.1) is 44.2 Å². The fourth-order valence-electron chi connectivity index (χ4n) is 12.9. The Morgan fingerprint density at radius 3 is 1.93 bits per heavy atom. The summed E-state index contributed by atoms with van der Waals surface area (Å²) in [6, 6.07) is 0. The van der Waals surface area contributed by atoms with Gasteiger partial charge in [-0.1, -0.05) is 20.8 Å². The summed E-state index contributed by atoms with van der Waals surface area (Å²) in [5.41, 5.74) is -0.162. The molecule has 16 nitrogen and oxygen atoms in total. The van der Waals surface area contributed by atoms with Gasteiger partial charge in [0, 0.05) is 11.8 Å². The van der Waals surface area contributed by atoms with Gasteiger partial charge in [0.15, 0.2) is 18.4 Å². The summed E-state index contributed by atoms with van der Waals surface area (Å²) in [5, 5.41) is 106. The number of hydrogen-bond acceptors (Lipinski definition) is 16. The SMILES string of the molecule is CC1COC2(OC3CC4C(CCC5C4CC(OC4OC(CO)C(O)C(O)C4O)C4CC(O)CCC45C)C3C2C)C(O)C1OC1OC(CO)C(O)C(O)C1O. The van der Waals surface area contributed by atoms with Crippen LogP contribution in [0, 0.1) is 52.8 Å². The van der Waals surface area contributed by atoms with Crippen LogP contribution in [0.15, 0.2) is 0 Å². The smallest absolute Gasteiger partial charge is 0.200 e. The van der Waals surface area contributed by atoms with Crippen LogP contribution in [0.3, 0.4) is 0 Å². The van der Waals surface area contributed by atoms with E-state index in [1.54, 1.807) is 0 Å². The molecule has 4 aliphatic heterocycles. The van der Waals surface area contributed by atoms with Gasteiger partial charge in [-0.25, -0.2) is 0 Å². The van der Waals surface area contributed by atoms with Crippen molar-refractivity contribution in [3.8, 4) is 0 Å². The van der Waals surface area contributed by atoms with E-state index in [2.05, 4.69) is 13.8 Å². The van der Waals surface area contributed by atoms with Crippen LogP contribution >= 0.6 is 0 Å². The quantitative estimate of drug-likeness (QED) is 0.131. The summed E-state index contributed by atoms with van der Waals surface area (Å²) in [6.07, 6.45) is -12.2. The van der Waals surface area contributed by atoms with Crippen LogP contribution in [0.1, 0.15) is 65.7 Å². The van der Waals surface area contributed by atoms with Crippen LogP contribution in [0.4, 0.5) is 0 Å². The topological polar surface area (TPSA) is 258 Å². The van der Waals surface area contributed by atoms with Crippen LogP contribution < -0.4 is 0 Å². The van der Waals surface area contributed by atoms with E-state index >= 15 is 0 Å². The second kappa shape index (κ2) is 14.9. The standard InChI is InChI=1S/C38H62O16/c1-14-13-49-38(34(48)33(14)53-36-32(47)30(45)28(43)25(12-40)52-36)15(2)26-17-4-5-20-19(18(17)9-23(26)54-38)10-22(21-8-16(41)6-7-37(20,21)3)50-35-31(46)29(44)27(42)24(11-39)51-35/h14-36,39-48H,4-13H2,1-3H3. The molecule has 0 aromatic rings. The third-order valence-electron chi connectivity index (χ3n) is 15.7. The number of rotatable bonds is 6. The second-order valence-corrected chi connectivity index (χ2v) is 18.3. The van der Waals surface area contributed by atoms with E-state index in [1.165, 1.54) is 0 Å². The molecule has 8 aliphatic rings. The molecule has 4 aliphatic carbocycles. The summed E-state index contributed by atoms with van der Waals surface area (Å²) in [7, 11) is 0. The molecule has 0 aromatic carbocycles.